The highest BCUT2D eigenvalue weighted by atomic mass is 19.1. The maximum absolute atomic E-state index is 13.5. The van der Waals surface area contributed by atoms with Crippen molar-refractivity contribution in [2.75, 3.05) is 30.3 Å². The Labute approximate surface area is 114 Å². The van der Waals surface area contributed by atoms with E-state index in [4.69, 9.17) is 5.73 Å². The molecule has 0 aromatic heterocycles. The van der Waals surface area contributed by atoms with E-state index in [9.17, 15) is 4.39 Å². The second-order valence-corrected chi connectivity index (χ2v) is 5.82. The molecule has 0 saturated carbocycles. The zero-order valence-corrected chi connectivity index (χ0v) is 11.5. The molecule has 3 nitrogen and oxygen atoms in total. The molecule has 2 aliphatic rings. The molecule has 4 heteroatoms. The molecule has 0 unspecified atom stereocenters. The van der Waals surface area contributed by atoms with Crippen molar-refractivity contribution in [1.29, 1.82) is 0 Å². The van der Waals surface area contributed by atoms with Gasteiger partial charge in [-0.05, 0) is 50.9 Å². The Kier molecular flexibility index (Phi) is 3.35. The van der Waals surface area contributed by atoms with Gasteiger partial charge in [-0.3, -0.25) is 4.90 Å². The molecule has 2 saturated heterocycles. The lowest BCUT2D eigenvalue weighted by Crippen LogP contribution is -2.39. The van der Waals surface area contributed by atoms with Crippen LogP contribution < -0.4 is 10.6 Å². The lowest BCUT2D eigenvalue weighted by molar-refractivity contribution is 0.204. The number of nitrogens with two attached hydrogens (primary N) is 1. The van der Waals surface area contributed by atoms with Gasteiger partial charge in [0.1, 0.15) is 5.82 Å². The second-order valence-electron chi connectivity index (χ2n) is 5.82. The van der Waals surface area contributed by atoms with Gasteiger partial charge in [-0.25, -0.2) is 4.39 Å². The van der Waals surface area contributed by atoms with Gasteiger partial charge in [-0.2, -0.15) is 0 Å². The number of rotatable bonds is 2. The largest absolute Gasteiger partial charge is 0.396 e. The molecule has 0 spiro atoms. The Balaban J connectivity index is 1.69. The van der Waals surface area contributed by atoms with Crippen LogP contribution in [0.4, 0.5) is 15.8 Å². The van der Waals surface area contributed by atoms with Gasteiger partial charge < -0.3 is 10.6 Å². The molecule has 19 heavy (non-hydrogen) atoms. The average molecular weight is 263 g/mol. The van der Waals surface area contributed by atoms with Crippen molar-refractivity contribution in [3.8, 4) is 0 Å². The van der Waals surface area contributed by atoms with Crippen LogP contribution in [-0.2, 0) is 0 Å². The van der Waals surface area contributed by atoms with Gasteiger partial charge in [0.05, 0.1) is 5.69 Å². The van der Waals surface area contributed by atoms with Crippen LogP contribution in [0.1, 0.15) is 26.2 Å². The van der Waals surface area contributed by atoms with Crippen LogP contribution in [-0.4, -0.2) is 36.6 Å². The molecule has 3 rings (SSSR count). The smallest absolute Gasteiger partial charge is 0.148 e. The predicted molar refractivity (Wildman–Crippen MR) is 76.8 cm³/mol. The number of benzene rings is 1. The van der Waals surface area contributed by atoms with Gasteiger partial charge >= 0.3 is 0 Å². The summed E-state index contributed by atoms with van der Waals surface area (Å²) in [6, 6.07) is 6.47. The minimum absolute atomic E-state index is 0.229. The first-order valence-electron chi connectivity index (χ1n) is 7.21. The van der Waals surface area contributed by atoms with Gasteiger partial charge in [0.2, 0.25) is 0 Å². The van der Waals surface area contributed by atoms with E-state index in [1.54, 1.807) is 12.1 Å². The van der Waals surface area contributed by atoms with Crippen LogP contribution in [0.2, 0.25) is 0 Å². The maximum atomic E-state index is 13.5. The molecule has 1 aromatic rings. The van der Waals surface area contributed by atoms with Crippen LogP contribution >= 0.6 is 0 Å². The zero-order chi connectivity index (χ0) is 13.4. The standard InChI is InChI=1S/C15H22FN3/c1-11-3-2-7-19(11)13-6-8-18(10-13)12-4-5-15(17)14(16)9-12/h4-5,9,11,13H,2-3,6-8,10,17H2,1H3/t11-,13-/m0/s1. The molecular formula is C15H22FN3. The number of likely N-dealkylation sites (tertiary alicyclic amines) is 1. The van der Waals surface area contributed by atoms with E-state index in [0.717, 1.165) is 18.8 Å². The lowest BCUT2D eigenvalue weighted by Gasteiger charge is -2.28. The van der Waals surface area contributed by atoms with E-state index in [1.807, 2.05) is 6.07 Å². The third-order valence-corrected chi connectivity index (χ3v) is 4.59. The molecule has 2 atom stereocenters. The Morgan fingerprint density at radius 1 is 1.26 bits per heavy atom. The third kappa shape index (κ3) is 2.41. The Morgan fingerprint density at radius 3 is 2.79 bits per heavy atom. The summed E-state index contributed by atoms with van der Waals surface area (Å²) in [6.45, 7) is 5.55. The Morgan fingerprint density at radius 2 is 2.11 bits per heavy atom. The number of hydrogen-bond donors (Lipinski definition) is 1. The monoisotopic (exact) mass is 263 g/mol. The number of anilines is 2. The highest BCUT2D eigenvalue weighted by molar-refractivity contribution is 5.54. The first-order chi connectivity index (χ1) is 9.15. The summed E-state index contributed by atoms with van der Waals surface area (Å²) in [4.78, 5) is 4.89. The zero-order valence-electron chi connectivity index (χ0n) is 11.5. The summed E-state index contributed by atoms with van der Waals surface area (Å²) in [5, 5.41) is 0. The summed E-state index contributed by atoms with van der Waals surface area (Å²) in [6.07, 6.45) is 3.80. The van der Waals surface area contributed by atoms with Crippen LogP contribution in [0.5, 0.6) is 0 Å². The van der Waals surface area contributed by atoms with Gasteiger partial charge in [0, 0.05) is 30.9 Å². The average Bonchev–Trinajstić information content (AvgIpc) is 3.01. The Hall–Kier alpha value is -1.29. The molecule has 2 aliphatic heterocycles. The lowest BCUT2D eigenvalue weighted by atomic mass is 10.2. The van der Waals surface area contributed by atoms with Crippen molar-refractivity contribution in [2.45, 2.75) is 38.3 Å². The number of halogens is 1. The highest BCUT2D eigenvalue weighted by Crippen LogP contribution is 2.29. The normalized spacial score (nSPS) is 28.2. The first-order valence-corrected chi connectivity index (χ1v) is 7.21. The fourth-order valence-electron chi connectivity index (χ4n) is 3.46. The molecule has 2 N–H and O–H groups in total. The fourth-order valence-corrected chi connectivity index (χ4v) is 3.46. The van der Waals surface area contributed by atoms with Gasteiger partial charge in [-0.15, -0.1) is 0 Å². The number of nitrogens with zero attached hydrogens (tertiary/aromatic N) is 2. The molecule has 0 radical (unpaired) electrons. The van der Waals surface area contributed by atoms with Crippen LogP contribution in [0.15, 0.2) is 18.2 Å². The van der Waals surface area contributed by atoms with E-state index in [1.165, 1.54) is 25.8 Å². The topological polar surface area (TPSA) is 32.5 Å². The van der Waals surface area contributed by atoms with Crippen molar-refractivity contribution >= 4 is 11.4 Å². The SMILES string of the molecule is C[C@H]1CCCN1[C@H]1CCN(c2ccc(N)c(F)c2)C1. The fraction of sp³-hybridized carbons (Fsp3) is 0.600. The molecule has 0 bridgehead atoms. The van der Waals surface area contributed by atoms with E-state index < -0.39 is 0 Å². The van der Waals surface area contributed by atoms with Crippen molar-refractivity contribution in [1.82, 2.24) is 4.90 Å². The number of hydrogen-bond acceptors (Lipinski definition) is 3. The van der Waals surface area contributed by atoms with Gasteiger partial charge in [0.25, 0.3) is 0 Å². The highest BCUT2D eigenvalue weighted by Gasteiger charge is 2.32. The van der Waals surface area contributed by atoms with Crippen LogP contribution in [0.3, 0.4) is 0 Å². The Bertz CT molecular complexity index is 463. The molecule has 0 aliphatic carbocycles. The van der Waals surface area contributed by atoms with E-state index in [-0.39, 0.29) is 11.5 Å². The first kappa shape index (κ1) is 12.7. The van der Waals surface area contributed by atoms with Gasteiger partial charge in [0.15, 0.2) is 0 Å². The molecule has 2 heterocycles. The minimum Gasteiger partial charge on any atom is -0.396 e. The van der Waals surface area contributed by atoms with Crippen LogP contribution in [0.25, 0.3) is 0 Å². The van der Waals surface area contributed by atoms with Crippen molar-refractivity contribution < 1.29 is 4.39 Å². The van der Waals surface area contributed by atoms with E-state index >= 15 is 0 Å². The molecular weight excluding hydrogens is 241 g/mol. The predicted octanol–water partition coefficient (Wildman–Crippen LogP) is 2.47. The van der Waals surface area contributed by atoms with E-state index in [2.05, 4.69) is 16.7 Å². The van der Waals surface area contributed by atoms with Crippen molar-refractivity contribution in [2.24, 2.45) is 0 Å². The third-order valence-electron chi connectivity index (χ3n) is 4.59. The van der Waals surface area contributed by atoms with E-state index in [0.29, 0.717) is 12.1 Å². The molecule has 0 amide bonds. The minimum atomic E-state index is -0.310. The van der Waals surface area contributed by atoms with Crippen LogP contribution in [0, 0.1) is 5.82 Å². The maximum Gasteiger partial charge on any atom is 0.148 e. The van der Waals surface area contributed by atoms with Crippen molar-refractivity contribution in [3.05, 3.63) is 24.0 Å². The van der Waals surface area contributed by atoms with Gasteiger partial charge in [-0.1, -0.05) is 0 Å². The molecule has 2 fully saturated rings. The summed E-state index contributed by atoms with van der Waals surface area (Å²) < 4.78 is 13.5. The summed E-state index contributed by atoms with van der Waals surface area (Å²) in [7, 11) is 0. The summed E-state index contributed by atoms with van der Waals surface area (Å²) in [5.74, 6) is -0.310. The summed E-state index contributed by atoms with van der Waals surface area (Å²) in [5.41, 5.74) is 6.72. The second kappa shape index (κ2) is 5.00. The van der Waals surface area contributed by atoms with Crippen molar-refractivity contribution in [3.63, 3.8) is 0 Å². The quantitative estimate of drug-likeness (QED) is 0.832. The molecule has 1 aromatic carbocycles. The molecule has 104 valence electrons. The summed E-state index contributed by atoms with van der Waals surface area (Å²) >= 11 is 0. The number of nitrogen functional groups attached to an aromatic ring is 1.